The van der Waals surface area contributed by atoms with Crippen LogP contribution in [0, 0.1) is 0 Å². The van der Waals surface area contributed by atoms with Gasteiger partial charge in [-0.15, -0.1) is 0 Å². The van der Waals surface area contributed by atoms with E-state index in [1.807, 2.05) is 0 Å². The smallest absolute Gasteiger partial charge is 0.310 e. The number of rotatable bonds is 4. The fourth-order valence-electron chi connectivity index (χ4n) is 3.10. The van der Waals surface area contributed by atoms with Crippen LogP contribution < -0.4 is 9.47 Å². The van der Waals surface area contributed by atoms with Gasteiger partial charge < -0.3 is 14.2 Å². The Morgan fingerprint density at radius 3 is 1.88 bits per heavy atom. The van der Waals surface area contributed by atoms with Crippen LogP contribution in [0.1, 0.15) is 37.4 Å². The van der Waals surface area contributed by atoms with Gasteiger partial charge in [0.1, 0.15) is 11.5 Å². The molecule has 0 spiro atoms. The Morgan fingerprint density at radius 2 is 1.42 bits per heavy atom. The number of esters is 1. The number of carbonyl (C=O) groups excluding carboxylic acids is 3. The maximum absolute atomic E-state index is 13.1. The summed E-state index contributed by atoms with van der Waals surface area (Å²) >= 11 is 6.39. The first kappa shape index (κ1) is 17.9. The normalized spacial score (nSPS) is 12.3. The molecule has 0 atom stereocenters. The van der Waals surface area contributed by atoms with E-state index in [0.717, 1.165) is 0 Å². The molecule has 1 aliphatic rings. The molecule has 0 amide bonds. The monoisotopic (exact) mass is 374 g/mol. The summed E-state index contributed by atoms with van der Waals surface area (Å²) in [6.45, 7) is 0. The number of hydrogen-bond acceptors (Lipinski definition) is 6. The number of hydrogen-bond donors (Lipinski definition) is 0. The van der Waals surface area contributed by atoms with Crippen LogP contribution in [0.3, 0.4) is 0 Å². The molecule has 134 valence electrons. The lowest BCUT2D eigenvalue weighted by Crippen LogP contribution is -2.24. The maximum Gasteiger partial charge on any atom is 0.310 e. The molecule has 0 radical (unpaired) electrons. The standard InChI is InChI=1S/C19H15ClO6/c1-24-12(21)8-11-15(20)19(26-3)14-13(18(11)25-2)16(22)9-6-4-5-7-10(9)17(14)23/h4-7H,8H2,1-3H3. The lowest BCUT2D eigenvalue weighted by atomic mass is 9.81. The first-order chi connectivity index (χ1) is 12.5. The summed E-state index contributed by atoms with van der Waals surface area (Å²) in [5.41, 5.74) is 0.832. The van der Waals surface area contributed by atoms with Crippen LogP contribution in [-0.4, -0.2) is 38.9 Å². The van der Waals surface area contributed by atoms with E-state index in [1.165, 1.54) is 21.3 Å². The van der Waals surface area contributed by atoms with Crippen molar-refractivity contribution in [3.63, 3.8) is 0 Å². The van der Waals surface area contributed by atoms with Gasteiger partial charge in [-0.1, -0.05) is 35.9 Å². The largest absolute Gasteiger partial charge is 0.496 e. The summed E-state index contributed by atoms with van der Waals surface area (Å²) in [5.74, 6) is -1.24. The van der Waals surface area contributed by atoms with Crippen LogP contribution in [0.25, 0.3) is 0 Å². The third-order valence-electron chi connectivity index (χ3n) is 4.27. The van der Waals surface area contributed by atoms with Crippen molar-refractivity contribution in [3.05, 3.63) is 57.1 Å². The Balaban J connectivity index is 2.38. The van der Waals surface area contributed by atoms with Gasteiger partial charge in [-0.05, 0) is 0 Å². The van der Waals surface area contributed by atoms with Crippen molar-refractivity contribution in [1.82, 2.24) is 0 Å². The van der Waals surface area contributed by atoms with Crippen LogP contribution in [0.2, 0.25) is 5.02 Å². The number of carbonyl (C=O) groups is 3. The highest BCUT2D eigenvalue weighted by atomic mass is 35.5. The highest BCUT2D eigenvalue weighted by molar-refractivity contribution is 6.37. The summed E-state index contributed by atoms with van der Waals surface area (Å²) in [5, 5.41) is 0.0361. The van der Waals surface area contributed by atoms with Gasteiger partial charge in [0.15, 0.2) is 11.6 Å². The number of ether oxygens (including phenoxy) is 3. The van der Waals surface area contributed by atoms with Crippen LogP contribution in [0.4, 0.5) is 0 Å². The molecule has 3 rings (SSSR count). The highest BCUT2D eigenvalue weighted by Crippen LogP contribution is 2.46. The van der Waals surface area contributed by atoms with E-state index in [-0.39, 0.29) is 50.8 Å². The minimum absolute atomic E-state index is 0.0339. The molecule has 0 fully saturated rings. The highest BCUT2D eigenvalue weighted by Gasteiger charge is 2.38. The summed E-state index contributed by atoms with van der Waals surface area (Å²) in [6.07, 6.45) is -0.231. The fourth-order valence-corrected chi connectivity index (χ4v) is 3.42. The van der Waals surface area contributed by atoms with Crippen molar-refractivity contribution in [2.24, 2.45) is 0 Å². The average molecular weight is 375 g/mol. The van der Waals surface area contributed by atoms with Crippen LogP contribution in [0.15, 0.2) is 24.3 Å². The Bertz CT molecular complexity index is 948. The number of methoxy groups -OCH3 is 3. The van der Waals surface area contributed by atoms with Crippen LogP contribution >= 0.6 is 11.6 Å². The number of fused-ring (bicyclic) bond motifs is 2. The molecule has 0 saturated carbocycles. The SMILES string of the molecule is COC(=O)Cc1c(Cl)c(OC)c2c(c1OC)C(=O)c1ccccc1C2=O. The van der Waals surface area contributed by atoms with Gasteiger partial charge in [0.2, 0.25) is 0 Å². The van der Waals surface area contributed by atoms with E-state index in [1.54, 1.807) is 24.3 Å². The summed E-state index contributed by atoms with van der Waals surface area (Å²) in [6, 6.07) is 6.48. The van der Waals surface area contributed by atoms with Crippen molar-refractivity contribution >= 4 is 29.1 Å². The molecule has 0 saturated heterocycles. The average Bonchev–Trinajstić information content (AvgIpc) is 2.66. The zero-order valence-corrected chi connectivity index (χ0v) is 15.1. The fraction of sp³-hybridized carbons (Fsp3) is 0.211. The minimum atomic E-state index is -0.567. The second-order valence-electron chi connectivity index (χ2n) is 5.57. The maximum atomic E-state index is 13.1. The molecule has 0 bridgehead atoms. The van der Waals surface area contributed by atoms with E-state index in [0.29, 0.717) is 0 Å². The molecule has 0 aromatic heterocycles. The molecule has 0 aliphatic heterocycles. The van der Waals surface area contributed by atoms with Crippen molar-refractivity contribution in [2.75, 3.05) is 21.3 Å². The molecule has 7 heteroatoms. The van der Waals surface area contributed by atoms with Crippen molar-refractivity contribution in [2.45, 2.75) is 6.42 Å². The predicted molar refractivity (Wildman–Crippen MR) is 93.6 cm³/mol. The molecule has 0 N–H and O–H groups in total. The molecule has 26 heavy (non-hydrogen) atoms. The Kier molecular flexibility index (Phi) is 4.70. The van der Waals surface area contributed by atoms with Crippen molar-refractivity contribution < 1.29 is 28.6 Å². The van der Waals surface area contributed by atoms with E-state index < -0.39 is 17.5 Å². The summed E-state index contributed by atoms with van der Waals surface area (Å²) < 4.78 is 15.4. The molecule has 0 heterocycles. The molecule has 0 unspecified atom stereocenters. The molecule has 1 aliphatic carbocycles. The Hall–Kier alpha value is -2.86. The predicted octanol–water partition coefficient (Wildman–Crippen LogP) is 2.85. The Morgan fingerprint density at radius 1 is 0.923 bits per heavy atom. The van der Waals surface area contributed by atoms with Crippen molar-refractivity contribution in [1.29, 1.82) is 0 Å². The first-order valence-electron chi connectivity index (χ1n) is 7.67. The zero-order chi connectivity index (χ0) is 19.0. The van der Waals surface area contributed by atoms with Gasteiger partial charge in [-0.3, -0.25) is 14.4 Å². The zero-order valence-electron chi connectivity index (χ0n) is 14.3. The first-order valence-corrected chi connectivity index (χ1v) is 8.05. The molecular formula is C19H15ClO6. The van der Waals surface area contributed by atoms with E-state index in [2.05, 4.69) is 4.74 Å². The number of ketones is 2. The van der Waals surface area contributed by atoms with Gasteiger partial charge in [-0.2, -0.15) is 0 Å². The van der Waals surface area contributed by atoms with Crippen LogP contribution in [0.5, 0.6) is 11.5 Å². The third kappa shape index (κ3) is 2.54. The van der Waals surface area contributed by atoms with Gasteiger partial charge in [0.25, 0.3) is 0 Å². The molecule has 6 nitrogen and oxygen atoms in total. The lowest BCUT2D eigenvalue weighted by molar-refractivity contribution is -0.139. The Labute approximate surface area is 154 Å². The molecule has 2 aromatic carbocycles. The molecule has 2 aromatic rings. The van der Waals surface area contributed by atoms with Gasteiger partial charge in [0.05, 0.1) is 43.9 Å². The second-order valence-corrected chi connectivity index (χ2v) is 5.94. The number of halogens is 1. The van der Waals surface area contributed by atoms with E-state index in [9.17, 15) is 14.4 Å². The third-order valence-corrected chi connectivity index (χ3v) is 4.67. The van der Waals surface area contributed by atoms with Gasteiger partial charge in [-0.25, -0.2) is 0 Å². The van der Waals surface area contributed by atoms with Crippen molar-refractivity contribution in [3.8, 4) is 11.5 Å². The minimum Gasteiger partial charge on any atom is -0.496 e. The quantitative estimate of drug-likeness (QED) is 0.653. The lowest BCUT2D eigenvalue weighted by Gasteiger charge is -2.24. The van der Waals surface area contributed by atoms with Gasteiger partial charge >= 0.3 is 5.97 Å². The van der Waals surface area contributed by atoms with E-state index in [4.69, 9.17) is 21.1 Å². The topological polar surface area (TPSA) is 78.9 Å². The number of benzene rings is 2. The summed E-state index contributed by atoms with van der Waals surface area (Å²) in [4.78, 5) is 37.9. The van der Waals surface area contributed by atoms with Crippen LogP contribution in [-0.2, 0) is 16.0 Å². The second kappa shape index (κ2) is 6.80. The van der Waals surface area contributed by atoms with E-state index >= 15 is 0 Å². The van der Waals surface area contributed by atoms with Gasteiger partial charge in [0, 0.05) is 16.7 Å². The molecular weight excluding hydrogens is 360 g/mol. The summed E-state index contributed by atoms with van der Waals surface area (Å²) in [7, 11) is 3.93.